The van der Waals surface area contributed by atoms with Crippen molar-refractivity contribution in [1.82, 2.24) is 0 Å². The standard InChI is InChI=1S/C43H68O12/c1-12-13-14-17-33-28(6)36(53-37-22-32(44)40(47)31(9)52-37)23-43(49,55-33)30(8)39(46)29(7)41-34(50-10)18-15-16-24(2)19-26(4)38(45)27(5)20-25(3)21-35(51-11)42(48)54-41/h12-18,20-21,26-34,36-41,44-47,49H,19,22-23H2,1-11H3/b13-12+,17-14+,18-15+,24-16+,25-20+,35-21-/t26-,27+,28-,29-,30-,31+,32-,33+,34-,36+,37-,38-,39+,40+,41+,43+/m0/s1. The van der Waals surface area contributed by atoms with Gasteiger partial charge in [-0.05, 0) is 46.1 Å². The molecule has 2 saturated heterocycles. The SMILES string of the molecule is C/C=C/C=C/[C@H]1O[C@@](O)([C@@H](C)[C@H](O)[C@H](C)[C@H]2OC(=O)/C(OC)=C/C(C)=C/[C@@H](C)[C@@H](O)[C@@H](C)C/C(C)=C/C=C/[C@@H]2OC)C[C@@H](O[C@H]2C[C@H](O)[C@H](O)[C@@H](C)O2)[C@H]1C. The van der Waals surface area contributed by atoms with Crippen LogP contribution in [0.25, 0.3) is 0 Å². The average Bonchev–Trinajstić information content (AvgIpc) is 3.13. The molecule has 16 atom stereocenters. The Morgan fingerprint density at radius 3 is 2.35 bits per heavy atom. The molecule has 0 bridgehead atoms. The third-order valence-electron chi connectivity index (χ3n) is 11.4. The molecule has 55 heavy (non-hydrogen) atoms. The second-order valence-electron chi connectivity index (χ2n) is 15.9. The monoisotopic (exact) mass is 776 g/mol. The van der Waals surface area contributed by atoms with E-state index in [-0.39, 0.29) is 36.4 Å². The summed E-state index contributed by atoms with van der Waals surface area (Å²) in [6.07, 6.45) is 8.29. The van der Waals surface area contributed by atoms with Crippen LogP contribution in [-0.2, 0) is 33.2 Å². The van der Waals surface area contributed by atoms with Gasteiger partial charge in [-0.2, -0.15) is 0 Å². The fraction of sp³-hybridized carbons (Fsp3) is 0.698. The van der Waals surface area contributed by atoms with Crippen LogP contribution in [-0.4, -0.2) is 113 Å². The van der Waals surface area contributed by atoms with E-state index in [1.807, 2.05) is 84.1 Å². The van der Waals surface area contributed by atoms with Crippen LogP contribution in [0.1, 0.15) is 81.6 Å². The van der Waals surface area contributed by atoms with Crippen LogP contribution in [0.2, 0.25) is 0 Å². The molecule has 12 nitrogen and oxygen atoms in total. The number of aliphatic hydroxyl groups excluding tert-OH is 4. The summed E-state index contributed by atoms with van der Waals surface area (Å²) < 4.78 is 36.1. The zero-order valence-corrected chi connectivity index (χ0v) is 34.6. The Balaban J connectivity index is 2.00. The van der Waals surface area contributed by atoms with Crippen LogP contribution < -0.4 is 0 Å². The summed E-state index contributed by atoms with van der Waals surface area (Å²) in [6.45, 7) is 16.6. The molecular formula is C43H68O12. The molecule has 0 aromatic carbocycles. The number of methoxy groups -OCH3 is 2. The molecule has 0 unspecified atom stereocenters. The molecule has 2 fully saturated rings. The number of carbonyl (C=O) groups excluding carboxylic acids is 1. The van der Waals surface area contributed by atoms with Gasteiger partial charge in [0.05, 0.1) is 43.7 Å². The van der Waals surface area contributed by atoms with Crippen molar-refractivity contribution in [2.45, 2.75) is 149 Å². The van der Waals surface area contributed by atoms with Crippen molar-refractivity contribution in [3.05, 3.63) is 71.6 Å². The van der Waals surface area contributed by atoms with Gasteiger partial charge in [0.25, 0.3) is 0 Å². The summed E-state index contributed by atoms with van der Waals surface area (Å²) in [5.74, 6) is -5.04. The van der Waals surface area contributed by atoms with Crippen LogP contribution in [0.4, 0.5) is 0 Å². The van der Waals surface area contributed by atoms with E-state index >= 15 is 0 Å². The fourth-order valence-corrected chi connectivity index (χ4v) is 7.76. The second kappa shape index (κ2) is 21.2. The van der Waals surface area contributed by atoms with Crippen molar-refractivity contribution in [2.24, 2.45) is 29.6 Å². The number of hydrogen-bond acceptors (Lipinski definition) is 12. The molecule has 3 heterocycles. The smallest absolute Gasteiger partial charge is 0.373 e. The molecule has 3 rings (SSSR count). The van der Waals surface area contributed by atoms with Gasteiger partial charge < -0.3 is 54.0 Å². The van der Waals surface area contributed by atoms with Crippen molar-refractivity contribution in [1.29, 1.82) is 0 Å². The Morgan fingerprint density at radius 1 is 1.04 bits per heavy atom. The van der Waals surface area contributed by atoms with Gasteiger partial charge in [0.1, 0.15) is 18.3 Å². The first kappa shape index (κ1) is 46.7. The van der Waals surface area contributed by atoms with E-state index in [1.165, 1.54) is 14.2 Å². The molecule has 5 N–H and O–H groups in total. The number of carbonyl (C=O) groups is 1. The number of aliphatic hydroxyl groups is 5. The summed E-state index contributed by atoms with van der Waals surface area (Å²) in [7, 11) is 2.86. The second-order valence-corrected chi connectivity index (χ2v) is 15.9. The highest BCUT2D eigenvalue weighted by Crippen LogP contribution is 2.42. The third-order valence-corrected chi connectivity index (χ3v) is 11.4. The summed E-state index contributed by atoms with van der Waals surface area (Å²) in [4.78, 5) is 13.8. The Morgan fingerprint density at radius 2 is 1.73 bits per heavy atom. The Kier molecular flexibility index (Phi) is 18.0. The fourth-order valence-electron chi connectivity index (χ4n) is 7.76. The highest BCUT2D eigenvalue weighted by molar-refractivity contribution is 5.87. The maximum Gasteiger partial charge on any atom is 0.373 e. The van der Waals surface area contributed by atoms with Gasteiger partial charge in [-0.1, -0.05) is 94.4 Å². The number of esters is 1. The first-order chi connectivity index (χ1) is 25.9. The van der Waals surface area contributed by atoms with E-state index in [9.17, 15) is 30.3 Å². The van der Waals surface area contributed by atoms with E-state index in [1.54, 1.807) is 32.9 Å². The van der Waals surface area contributed by atoms with Gasteiger partial charge in [0, 0.05) is 43.6 Å². The van der Waals surface area contributed by atoms with E-state index in [0.717, 1.165) is 5.57 Å². The van der Waals surface area contributed by atoms with Gasteiger partial charge in [-0.25, -0.2) is 4.79 Å². The summed E-state index contributed by atoms with van der Waals surface area (Å²) in [5, 5.41) is 56.1. The number of rotatable bonds is 10. The number of hydrogen-bond donors (Lipinski definition) is 5. The Labute approximate surface area is 328 Å². The third kappa shape index (κ3) is 12.4. The molecule has 0 aromatic rings. The summed E-state index contributed by atoms with van der Waals surface area (Å²) in [6, 6.07) is 0. The molecule has 12 heteroatoms. The zero-order valence-electron chi connectivity index (χ0n) is 34.6. The Hall–Kier alpha value is -2.65. The molecule has 3 aliphatic heterocycles. The van der Waals surface area contributed by atoms with E-state index in [0.29, 0.717) is 12.0 Å². The van der Waals surface area contributed by atoms with Crippen molar-refractivity contribution in [3.63, 3.8) is 0 Å². The average molecular weight is 777 g/mol. The topological polar surface area (TPSA) is 174 Å². The lowest BCUT2D eigenvalue weighted by atomic mass is 9.77. The molecule has 0 aliphatic carbocycles. The number of allylic oxidation sites excluding steroid dienone is 8. The van der Waals surface area contributed by atoms with Crippen LogP contribution >= 0.6 is 0 Å². The molecule has 312 valence electrons. The van der Waals surface area contributed by atoms with Crippen LogP contribution in [0.3, 0.4) is 0 Å². The van der Waals surface area contributed by atoms with E-state index in [4.69, 9.17) is 28.4 Å². The predicted molar refractivity (Wildman–Crippen MR) is 209 cm³/mol. The van der Waals surface area contributed by atoms with Gasteiger partial charge >= 0.3 is 5.97 Å². The molecule has 0 spiro atoms. The first-order valence-electron chi connectivity index (χ1n) is 19.6. The minimum Gasteiger partial charge on any atom is -0.490 e. The molecule has 0 amide bonds. The molecule has 3 aliphatic rings. The van der Waals surface area contributed by atoms with Crippen molar-refractivity contribution < 1.29 is 58.7 Å². The van der Waals surface area contributed by atoms with Gasteiger partial charge in [0.2, 0.25) is 5.76 Å². The molecule has 0 aromatic heterocycles. The van der Waals surface area contributed by atoms with Crippen LogP contribution in [0, 0.1) is 29.6 Å². The first-order valence-corrected chi connectivity index (χ1v) is 19.6. The highest BCUT2D eigenvalue weighted by Gasteiger charge is 2.52. The highest BCUT2D eigenvalue weighted by atomic mass is 16.7. The molecular weight excluding hydrogens is 708 g/mol. The maximum absolute atomic E-state index is 13.8. The van der Waals surface area contributed by atoms with Gasteiger partial charge in [-0.15, -0.1) is 0 Å². The van der Waals surface area contributed by atoms with Crippen LogP contribution in [0.15, 0.2) is 71.6 Å². The van der Waals surface area contributed by atoms with Crippen LogP contribution in [0.5, 0.6) is 0 Å². The summed E-state index contributed by atoms with van der Waals surface area (Å²) >= 11 is 0. The van der Waals surface area contributed by atoms with E-state index < -0.39 is 84.8 Å². The minimum absolute atomic E-state index is 0.0349. The van der Waals surface area contributed by atoms with Gasteiger partial charge in [0.15, 0.2) is 12.1 Å². The van der Waals surface area contributed by atoms with Crippen molar-refractivity contribution in [2.75, 3.05) is 14.2 Å². The zero-order chi connectivity index (χ0) is 41.2. The Bertz CT molecular complexity index is 1410. The number of ether oxygens (including phenoxy) is 6. The largest absolute Gasteiger partial charge is 0.490 e. The van der Waals surface area contributed by atoms with Crippen molar-refractivity contribution in [3.8, 4) is 0 Å². The lowest BCUT2D eigenvalue weighted by Gasteiger charge is -2.49. The summed E-state index contributed by atoms with van der Waals surface area (Å²) in [5.41, 5.74) is 1.74. The van der Waals surface area contributed by atoms with Crippen molar-refractivity contribution >= 4 is 5.97 Å². The normalized spacial score (nSPS) is 42.6. The molecule has 0 saturated carbocycles. The lowest BCUT2D eigenvalue weighted by Crippen LogP contribution is -2.59. The maximum atomic E-state index is 13.8. The molecule has 0 radical (unpaired) electrons. The van der Waals surface area contributed by atoms with E-state index in [2.05, 4.69) is 0 Å². The lowest BCUT2D eigenvalue weighted by molar-refractivity contribution is -0.339. The predicted octanol–water partition coefficient (Wildman–Crippen LogP) is 5.05. The number of cyclic esters (lactones) is 1. The van der Waals surface area contributed by atoms with Gasteiger partial charge in [-0.3, -0.25) is 0 Å². The quantitative estimate of drug-likeness (QED) is 0.148. The minimum atomic E-state index is -1.92.